The number of hydrogen-bond donors (Lipinski definition) is 2. The maximum Gasteiger partial charge on any atom is 0.255 e. The number of benzene rings is 3. The van der Waals surface area contributed by atoms with Gasteiger partial charge in [-0.1, -0.05) is 36.4 Å². The molecular weight excluding hydrogens is 490 g/mol. The molecular formula is C31H33N5O3. The molecule has 3 aromatic carbocycles. The predicted octanol–water partition coefficient (Wildman–Crippen LogP) is 5.47. The molecule has 200 valence electrons. The van der Waals surface area contributed by atoms with Crippen molar-refractivity contribution in [3.63, 3.8) is 0 Å². The van der Waals surface area contributed by atoms with Gasteiger partial charge in [0.2, 0.25) is 5.95 Å². The summed E-state index contributed by atoms with van der Waals surface area (Å²) in [7, 11) is 0. The van der Waals surface area contributed by atoms with Gasteiger partial charge in [-0.3, -0.25) is 9.69 Å². The van der Waals surface area contributed by atoms with Crippen molar-refractivity contribution in [3.8, 4) is 17.0 Å². The van der Waals surface area contributed by atoms with Crippen molar-refractivity contribution in [2.24, 2.45) is 0 Å². The summed E-state index contributed by atoms with van der Waals surface area (Å²) in [5.41, 5.74) is 5.96. The molecule has 1 saturated heterocycles. The molecule has 1 aliphatic rings. The summed E-state index contributed by atoms with van der Waals surface area (Å²) < 4.78 is 11.3. The zero-order valence-corrected chi connectivity index (χ0v) is 22.3. The van der Waals surface area contributed by atoms with Gasteiger partial charge in [0.15, 0.2) is 0 Å². The lowest BCUT2D eigenvalue weighted by atomic mass is 10.1. The van der Waals surface area contributed by atoms with E-state index in [-0.39, 0.29) is 5.91 Å². The van der Waals surface area contributed by atoms with Crippen LogP contribution in [0.25, 0.3) is 11.3 Å². The Kier molecular flexibility index (Phi) is 8.45. The SMILES string of the molecule is Cc1ccc(OCCN2CCOCC2)cc1NC(=O)c1ccc(Nc2ncc(C)c(-c3ccccc3)n2)cc1. The van der Waals surface area contributed by atoms with Crippen LogP contribution in [0.1, 0.15) is 21.5 Å². The van der Waals surface area contributed by atoms with Gasteiger partial charge in [-0.2, -0.15) is 0 Å². The fraction of sp³-hybridized carbons (Fsp3) is 0.258. The third-order valence-corrected chi connectivity index (χ3v) is 6.66. The molecule has 8 heteroatoms. The molecule has 0 saturated carbocycles. The van der Waals surface area contributed by atoms with Crippen molar-refractivity contribution in [1.82, 2.24) is 14.9 Å². The Bertz CT molecular complexity index is 1400. The Morgan fingerprint density at radius 1 is 0.974 bits per heavy atom. The molecule has 0 spiro atoms. The van der Waals surface area contributed by atoms with Crippen molar-refractivity contribution >= 4 is 23.2 Å². The molecule has 2 heterocycles. The smallest absolute Gasteiger partial charge is 0.255 e. The van der Waals surface area contributed by atoms with Gasteiger partial charge in [-0.15, -0.1) is 0 Å². The molecule has 0 bridgehead atoms. The molecule has 39 heavy (non-hydrogen) atoms. The number of carbonyl (C=O) groups excluding carboxylic acids is 1. The highest BCUT2D eigenvalue weighted by Crippen LogP contribution is 2.25. The van der Waals surface area contributed by atoms with E-state index < -0.39 is 0 Å². The number of amides is 1. The Balaban J connectivity index is 1.19. The number of ether oxygens (including phenoxy) is 2. The fourth-order valence-electron chi connectivity index (χ4n) is 4.36. The Labute approximate surface area is 229 Å². The monoisotopic (exact) mass is 523 g/mol. The van der Waals surface area contributed by atoms with E-state index >= 15 is 0 Å². The second kappa shape index (κ2) is 12.5. The number of morpholine rings is 1. The van der Waals surface area contributed by atoms with E-state index in [1.807, 2.05) is 80.7 Å². The third kappa shape index (κ3) is 6.98. The van der Waals surface area contributed by atoms with E-state index in [0.29, 0.717) is 18.1 Å². The maximum atomic E-state index is 13.0. The van der Waals surface area contributed by atoms with Crippen molar-refractivity contribution in [1.29, 1.82) is 0 Å². The van der Waals surface area contributed by atoms with Gasteiger partial charge in [-0.05, 0) is 55.3 Å². The molecule has 0 atom stereocenters. The van der Waals surface area contributed by atoms with Crippen molar-refractivity contribution in [2.45, 2.75) is 13.8 Å². The minimum Gasteiger partial charge on any atom is -0.492 e. The average Bonchev–Trinajstić information content (AvgIpc) is 2.97. The number of aromatic nitrogens is 2. The number of rotatable bonds is 9. The van der Waals surface area contributed by atoms with Gasteiger partial charge in [0, 0.05) is 54.4 Å². The fourth-order valence-corrected chi connectivity index (χ4v) is 4.36. The standard InChI is InChI=1S/C31H33N5O3/c1-22-8-13-27(39-19-16-36-14-17-38-18-15-36)20-28(22)34-30(37)25-9-11-26(12-10-25)33-31-32-21-23(2)29(35-31)24-6-4-3-5-7-24/h3-13,20-21H,14-19H2,1-2H3,(H,34,37)(H,32,33,35). The number of nitrogens with one attached hydrogen (secondary N) is 2. The van der Waals surface area contributed by atoms with Crippen LogP contribution in [0.4, 0.5) is 17.3 Å². The van der Waals surface area contributed by atoms with E-state index in [1.165, 1.54) is 0 Å². The highest BCUT2D eigenvalue weighted by molar-refractivity contribution is 6.05. The molecule has 1 fully saturated rings. The third-order valence-electron chi connectivity index (χ3n) is 6.66. The first-order valence-corrected chi connectivity index (χ1v) is 13.2. The average molecular weight is 524 g/mol. The molecule has 2 N–H and O–H groups in total. The van der Waals surface area contributed by atoms with Crippen molar-refractivity contribution in [2.75, 3.05) is 50.1 Å². The van der Waals surface area contributed by atoms with Crippen molar-refractivity contribution in [3.05, 3.63) is 95.7 Å². The van der Waals surface area contributed by atoms with Gasteiger partial charge in [-0.25, -0.2) is 9.97 Å². The second-order valence-electron chi connectivity index (χ2n) is 9.53. The Morgan fingerprint density at radius 2 is 1.74 bits per heavy atom. The van der Waals surface area contributed by atoms with Crippen LogP contribution in [-0.2, 0) is 4.74 Å². The number of carbonyl (C=O) groups is 1. The van der Waals surface area contributed by atoms with Gasteiger partial charge < -0.3 is 20.1 Å². The summed E-state index contributed by atoms with van der Waals surface area (Å²) in [6, 6.07) is 23.0. The molecule has 1 amide bonds. The van der Waals surface area contributed by atoms with E-state index in [4.69, 9.17) is 14.5 Å². The summed E-state index contributed by atoms with van der Waals surface area (Å²) in [5.74, 6) is 1.04. The molecule has 0 unspecified atom stereocenters. The first-order valence-electron chi connectivity index (χ1n) is 13.2. The summed E-state index contributed by atoms with van der Waals surface area (Å²) in [6.45, 7) is 8.79. The zero-order chi connectivity index (χ0) is 27.0. The molecule has 8 nitrogen and oxygen atoms in total. The van der Waals surface area contributed by atoms with E-state index in [9.17, 15) is 4.79 Å². The molecule has 1 aliphatic heterocycles. The van der Waals surface area contributed by atoms with Crippen LogP contribution in [0.2, 0.25) is 0 Å². The van der Waals surface area contributed by atoms with Crippen LogP contribution in [-0.4, -0.2) is 60.2 Å². The summed E-state index contributed by atoms with van der Waals surface area (Å²) in [4.78, 5) is 24.4. The van der Waals surface area contributed by atoms with Gasteiger partial charge in [0.25, 0.3) is 5.91 Å². The van der Waals surface area contributed by atoms with Crippen LogP contribution < -0.4 is 15.4 Å². The van der Waals surface area contributed by atoms with Gasteiger partial charge in [0.05, 0.1) is 18.9 Å². The van der Waals surface area contributed by atoms with Crippen LogP contribution in [0, 0.1) is 13.8 Å². The van der Waals surface area contributed by atoms with Crippen LogP contribution in [0.15, 0.2) is 79.0 Å². The topological polar surface area (TPSA) is 88.6 Å². The molecule has 5 rings (SSSR count). The number of aryl methyl sites for hydroxylation is 2. The summed E-state index contributed by atoms with van der Waals surface area (Å²) in [5, 5.41) is 6.25. The quantitative estimate of drug-likeness (QED) is 0.301. The number of hydrogen-bond acceptors (Lipinski definition) is 7. The predicted molar refractivity (Wildman–Crippen MR) is 154 cm³/mol. The minimum absolute atomic E-state index is 0.187. The first-order chi connectivity index (χ1) is 19.0. The minimum atomic E-state index is -0.187. The van der Waals surface area contributed by atoms with E-state index in [0.717, 1.165) is 72.4 Å². The Morgan fingerprint density at radius 3 is 2.51 bits per heavy atom. The van der Waals surface area contributed by atoms with Crippen LogP contribution >= 0.6 is 0 Å². The number of nitrogens with zero attached hydrogens (tertiary/aromatic N) is 3. The zero-order valence-electron chi connectivity index (χ0n) is 22.3. The largest absolute Gasteiger partial charge is 0.492 e. The lowest BCUT2D eigenvalue weighted by molar-refractivity contribution is 0.0322. The molecule has 0 aliphatic carbocycles. The molecule has 1 aromatic heterocycles. The lowest BCUT2D eigenvalue weighted by Crippen LogP contribution is -2.38. The van der Waals surface area contributed by atoms with E-state index in [1.54, 1.807) is 12.1 Å². The molecule has 4 aromatic rings. The lowest BCUT2D eigenvalue weighted by Gasteiger charge is -2.26. The van der Waals surface area contributed by atoms with E-state index in [2.05, 4.69) is 20.5 Å². The van der Waals surface area contributed by atoms with Crippen LogP contribution in [0.5, 0.6) is 5.75 Å². The van der Waals surface area contributed by atoms with Crippen LogP contribution in [0.3, 0.4) is 0 Å². The van der Waals surface area contributed by atoms with Gasteiger partial charge in [0.1, 0.15) is 12.4 Å². The summed E-state index contributed by atoms with van der Waals surface area (Å²) in [6.07, 6.45) is 1.81. The Hall–Kier alpha value is -4.27. The molecule has 0 radical (unpaired) electrons. The normalized spacial score (nSPS) is 13.6. The number of anilines is 3. The van der Waals surface area contributed by atoms with Gasteiger partial charge >= 0.3 is 0 Å². The highest BCUT2D eigenvalue weighted by Gasteiger charge is 2.12. The first kappa shape index (κ1) is 26.3. The highest BCUT2D eigenvalue weighted by atomic mass is 16.5. The second-order valence-corrected chi connectivity index (χ2v) is 9.53. The maximum absolute atomic E-state index is 13.0. The van der Waals surface area contributed by atoms with Crippen molar-refractivity contribution < 1.29 is 14.3 Å². The summed E-state index contributed by atoms with van der Waals surface area (Å²) >= 11 is 0.